The van der Waals surface area contributed by atoms with E-state index in [2.05, 4.69) is 4.98 Å². The van der Waals surface area contributed by atoms with Gasteiger partial charge in [0.2, 0.25) is 0 Å². The Bertz CT molecular complexity index is 816. The van der Waals surface area contributed by atoms with Crippen molar-refractivity contribution in [3.63, 3.8) is 0 Å². The summed E-state index contributed by atoms with van der Waals surface area (Å²) in [5.74, 6) is 0.286. The second kappa shape index (κ2) is 6.79. The van der Waals surface area contributed by atoms with Crippen molar-refractivity contribution in [3.8, 4) is 5.75 Å². The highest BCUT2D eigenvalue weighted by molar-refractivity contribution is 7.11. The van der Waals surface area contributed by atoms with Gasteiger partial charge in [-0.05, 0) is 30.7 Å². The molecule has 3 nitrogen and oxygen atoms in total. The molecule has 118 valence electrons. The third-order valence-electron chi connectivity index (χ3n) is 3.44. The number of nitrogens with two attached hydrogens (primary N) is 1. The van der Waals surface area contributed by atoms with Crippen LogP contribution in [0.15, 0.2) is 48.7 Å². The van der Waals surface area contributed by atoms with Crippen LogP contribution >= 0.6 is 11.3 Å². The number of nitrogen functional groups attached to an aromatic ring is 1. The number of aryl methyl sites for hydroxylation is 1. The lowest BCUT2D eigenvalue weighted by Crippen LogP contribution is -2.01. The van der Waals surface area contributed by atoms with Crippen molar-refractivity contribution in [2.75, 3.05) is 5.73 Å². The van der Waals surface area contributed by atoms with Crippen LogP contribution in [0.25, 0.3) is 0 Å². The van der Waals surface area contributed by atoms with Crippen LogP contribution in [-0.2, 0) is 13.0 Å². The minimum atomic E-state index is -0.276. The molecule has 0 aliphatic rings. The fraction of sp³-hybridized carbons (Fsp3) is 0.167. The zero-order chi connectivity index (χ0) is 16.2. The summed E-state index contributed by atoms with van der Waals surface area (Å²) in [4.78, 5) is 5.55. The summed E-state index contributed by atoms with van der Waals surface area (Å²) in [6.07, 6.45) is 2.62. The number of anilines is 1. The largest absolute Gasteiger partial charge is 0.487 e. The lowest BCUT2D eigenvalue weighted by molar-refractivity contribution is 0.301. The van der Waals surface area contributed by atoms with Gasteiger partial charge in [-0.15, -0.1) is 11.3 Å². The summed E-state index contributed by atoms with van der Waals surface area (Å²) in [6.45, 7) is 2.19. The Hall–Kier alpha value is -2.40. The molecule has 0 aliphatic carbocycles. The Morgan fingerprint density at radius 1 is 1.22 bits per heavy atom. The quantitative estimate of drug-likeness (QED) is 0.709. The van der Waals surface area contributed by atoms with Gasteiger partial charge < -0.3 is 10.5 Å². The Kier molecular flexibility index (Phi) is 4.57. The third kappa shape index (κ3) is 3.87. The minimum Gasteiger partial charge on any atom is -0.487 e. The fourth-order valence-corrected chi connectivity index (χ4v) is 3.09. The molecule has 0 radical (unpaired) electrons. The zero-order valence-electron chi connectivity index (χ0n) is 12.8. The normalized spacial score (nSPS) is 10.7. The number of hydrogen-bond donors (Lipinski definition) is 1. The molecule has 3 aromatic rings. The highest BCUT2D eigenvalue weighted by atomic mass is 32.1. The van der Waals surface area contributed by atoms with E-state index in [4.69, 9.17) is 10.5 Å². The first kappa shape index (κ1) is 15.5. The maximum Gasteiger partial charge on any atom is 0.142 e. The van der Waals surface area contributed by atoms with Crippen LogP contribution in [0.4, 0.5) is 10.1 Å². The van der Waals surface area contributed by atoms with E-state index in [1.165, 1.54) is 10.9 Å². The van der Waals surface area contributed by atoms with Crippen LogP contribution in [0.2, 0.25) is 0 Å². The van der Waals surface area contributed by atoms with Gasteiger partial charge >= 0.3 is 0 Å². The van der Waals surface area contributed by atoms with E-state index in [0.29, 0.717) is 17.0 Å². The van der Waals surface area contributed by atoms with Crippen molar-refractivity contribution in [2.24, 2.45) is 0 Å². The molecule has 0 spiro atoms. The maximum atomic E-state index is 13.6. The van der Waals surface area contributed by atoms with Gasteiger partial charge in [-0.2, -0.15) is 0 Å². The van der Waals surface area contributed by atoms with E-state index in [-0.39, 0.29) is 12.4 Å². The van der Waals surface area contributed by atoms with Crippen LogP contribution in [0.5, 0.6) is 5.75 Å². The molecule has 0 saturated carbocycles. The molecule has 0 fully saturated rings. The molecule has 0 atom stereocenters. The van der Waals surface area contributed by atoms with E-state index < -0.39 is 0 Å². The van der Waals surface area contributed by atoms with E-state index >= 15 is 0 Å². The molecular formula is C18H17FN2OS. The first-order valence-corrected chi connectivity index (χ1v) is 8.09. The highest BCUT2D eigenvalue weighted by Crippen LogP contribution is 2.26. The summed E-state index contributed by atoms with van der Waals surface area (Å²) in [5.41, 5.74) is 8.18. The number of benzene rings is 2. The summed E-state index contributed by atoms with van der Waals surface area (Å²) >= 11 is 1.68. The SMILES string of the molecule is Cc1cnc(Cc2ccc(OCc3ccccc3F)c(N)c2)s1. The second-order valence-electron chi connectivity index (χ2n) is 5.29. The predicted molar refractivity (Wildman–Crippen MR) is 91.2 cm³/mol. The molecule has 2 N–H and O–H groups in total. The molecule has 2 aromatic carbocycles. The van der Waals surface area contributed by atoms with Crippen LogP contribution in [0.1, 0.15) is 21.0 Å². The molecular weight excluding hydrogens is 311 g/mol. The Morgan fingerprint density at radius 3 is 2.74 bits per heavy atom. The molecule has 5 heteroatoms. The number of aromatic nitrogens is 1. The maximum absolute atomic E-state index is 13.6. The van der Waals surface area contributed by atoms with Gasteiger partial charge in [0.25, 0.3) is 0 Å². The molecule has 0 unspecified atom stereocenters. The number of thiazole rings is 1. The smallest absolute Gasteiger partial charge is 0.142 e. The number of hydrogen-bond acceptors (Lipinski definition) is 4. The van der Waals surface area contributed by atoms with Crippen molar-refractivity contribution in [2.45, 2.75) is 20.0 Å². The Labute approximate surface area is 138 Å². The average Bonchev–Trinajstić information content (AvgIpc) is 2.93. The van der Waals surface area contributed by atoms with Gasteiger partial charge in [0.05, 0.1) is 10.7 Å². The van der Waals surface area contributed by atoms with Gasteiger partial charge in [-0.25, -0.2) is 9.37 Å². The topological polar surface area (TPSA) is 48.1 Å². The van der Waals surface area contributed by atoms with Gasteiger partial charge in [0.15, 0.2) is 0 Å². The van der Waals surface area contributed by atoms with Gasteiger partial charge in [0.1, 0.15) is 18.2 Å². The van der Waals surface area contributed by atoms with Gasteiger partial charge in [0, 0.05) is 23.1 Å². The molecule has 0 bridgehead atoms. The predicted octanol–water partition coefficient (Wildman–Crippen LogP) is 4.34. The fourth-order valence-electron chi connectivity index (χ4n) is 2.27. The molecule has 0 amide bonds. The van der Waals surface area contributed by atoms with Crippen molar-refractivity contribution in [1.82, 2.24) is 4.98 Å². The first-order chi connectivity index (χ1) is 11.1. The molecule has 0 aliphatic heterocycles. The Morgan fingerprint density at radius 2 is 2.04 bits per heavy atom. The van der Waals surface area contributed by atoms with Crippen molar-refractivity contribution in [3.05, 3.63) is 75.5 Å². The van der Waals surface area contributed by atoms with Crippen LogP contribution in [0, 0.1) is 12.7 Å². The molecule has 0 saturated heterocycles. The number of halogens is 1. The average molecular weight is 328 g/mol. The standard InChI is InChI=1S/C18H17FN2OS/c1-12-10-21-18(23-12)9-13-6-7-17(16(20)8-13)22-11-14-4-2-3-5-15(14)19/h2-8,10H,9,11,20H2,1H3. The van der Waals surface area contributed by atoms with Crippen molar-refractivity contribution < 1.29 is 9.13 Å². The number of rotatable bonds is 5. The molecule has 23 heavy (non-hydrogen) atoms. The van der Waals surface area contributed by atoms with Crippen LogP contribution in [-0.4, -0.2) is 4.98 Å². The Balaban J connectivity index is 1.68. The van der Waals surface area contributed by atoms with E-state index in [0.717, 1.165) is 17.0 Å². The highest BCUT2D eigenvalue weighted by Gasteiger charge is 2.07. The van der Waals surface area contributed by atoms with Gasteiger partial charge in [-0.3, -0.25) is 0 Å². The van der Waals surface area contributed by atoms with E-state index in [9.17, 15) is 4.39 Å². The van der Waals surface area contributed by atoms with Crippen molar-refractivity contribution >= 4 is 17.0 Å². The van der Waals surface area contributed by atoms with E-state index in [1.54, 1.807) is 29.5 Å². The second-order valence-corrected chi connectivity index (χ2v) is 6.61. The van der Waals surface area contributed by atoms with Crippen LogP contribution in [0.3, 0.4) is 0 Å². The molecule has 1 heterocycles. The zero-order valence-corrected chi connectivity index (χ0v) is 13.6. The summed E-state index contributed by atoms with van der Waals surface area (Å²) < 4.78 is 19.2. The summed E-state index contributed by atoms with van der Waals surface area (Å²) in [5, 5.41) is 1.06. The third-order valence-corrected chi connectivity index (χ3v) is 4.35. The number of ether oxygens (including phenoxy) is 1. The van der Waals surface area contributed by atoms with Crippen LogP contribution < -0.4 is 10.5 Å². The minimum absolute atomic E-state index is 0.155. The molecule has 3 rings (SSSR count). The number of nitrogens with zero attached hydrogens (tertiary/aromatic N) is 1. The molecule has 1 aromatic heterocycles. The lowest BCUT2D eigenvalue weighted by Gasteiger charge is -2.10. The lowest BCUT2D eigenvalue weighted by atomic mass is 10.1. The van der Waals surface area contributed by atoms with E-state index in [1.807, 2.05) is 31.3 Å². The summed E-state index contributed by atoms with van der Waals surface area (Å²) in [7, 11) is 0. The van der Waals surface area contributed by atoms with Crippen molar-refractivity contribution in [1.29, 1.82) is 0 Å². The van der Waals surface area contributed by atoms with Gasteiger partial charge in [-0.1, -0.05) is 24.3 Å². The summed E-state index contributed by atoms with van der Waals surface area (Å²) in [6, 6.07) is 12.2. The first-order valence-electron chi connectivity index (χ1n) is 7.28. The monoisotopic (exact) mass is 328 g/mol.